The first-order valence-electron chi connectivity index (χ1n) is 9.45. The van der Waals surface area contributed by atoms with E-state index < -0.39 is 48.2 Å². The first-order chi connectivity index (χ1) is 13.5. The average molecular weight is 468 g/mol. The Balaban J connectivity index is 2.35. The van der Waals surface area contributed by atoms with Crippen LogP contribution < -0.4 is 0 Å². The number of hydrogen-bond acceptors (Lipinski definition) is 5. The van der Waals surface area contributed by atoms with Crippen LogP contribution in [0.5, 0.6) is 0 Å². The standard InChI is InChI=1S/C19H28F3NO5SSi/c1-18(2,3)30(5,6)28-14-11-16(17(24)27-4)23(12-14)29(25,26)15-9-7-13(8-10-15)19(20,21)22/h7-10,14,16H,11-12H2,1-6H3/t14-,16-/m0/s1. The number of nitrogens with zero attached hydrogens (tertiary/aromatic N) is 1. The lowest BCUT2D eigenvalue weighted by atomic mass is 10.2. The number of esters is 1. The monoisotopic (exact) mass is 467 g/mol. The molecule has 0 amide bonds. The molecular formula is C19H28F3NO5SSi. The number of carbonyl (C=O) groups is 1. The molecule has 0 radical (unpaired) electrons. The summed E-state index contributed by atoms with van der Waals surface area (Å²) in [6.07, 6.45) is -4.97. The lowest BCUT2D eigenvalue weighted by molar-refractivity contribution is -0.144. The van der Waals surface area contributed by atoms with Gasteiger partial charge in [0.1, 0.15) is 6.04 Å². The van der Waals surface area contributed by atoms with Gasteiger partial charge in [-0.05, 0) is 42.4 Å². The van der Waals surface area contributed by atoms with Crippen molar-refractivity contribution in [2.24, 2.45) is 0 Å². The van der Waals surface area contributed by atoms with Crippen LogP contribution in [0.15, 0.2) is 29.2 Å². The van der Waals surface area contributed by atoms with E-state index >= 15 is 0 Å². The maximum Gasteiger partial charge on any atom is 0.416 e. The van der Waals surface area contributed by atoms with Crippen molar-refractivity contribution in [3.8, 4) is 0 Å². The molecule has 30 heavy (non-hydrogen) atoms. The van der Waals surface area contributed by atoms with E-state index in [-0.39, 0.29) is 22.9 Å². The molecule has 2 rings (SSSR count). The van der Waals surface area contributed by atoms with Crippen LogP contribution in [0.4, 0.5) is 13.2 Å². The van der Waals surface area contributed by atoms with Gasteiger partial charge in [0.05, 0.1) is 23.7 Å². The third-order valence-corrected chi connectivity index (χ3v) is 12.2. The van der Waals surface area contributed by atoms with Gasteiger partial charge in [0.2, 0.25) is 10.0 Å². The van der Waals surface area contributed by atoms with Crippen LogP contribution in [0.25, 0.3) is 0 Å². The van der Waals surface area contributed by atoms with Crippen LogP contribution in [0.3, 0.4) is 0 Å². The fourth-order valence-corrected chi connectivity index (χ4v) is 5.99. The fourth-order valence-electron chi connectivity index (χ4n) is 3.01. The molecule has 2 atom stereocenters. The molecule has 0 spiro atoms. The highest BCUT2D eigenvalue weighted by molar-refractivity contribution is 7.89. The van der Waals surface area contributed by atoms with Gasteiger partial charge in [-0.1, -0.05) is 20.8 Å². The van der Waals surface area contributed by atoms with E-state index in [1.54, 1.807) is 0 Å². The molecule has 0 N–H and O–H groups in total. The zero-order valence-corrected chi connectivity index (χ0v) is 19.7. The number of carbonyl (C=O) groups excluding carboxylic acids is 1. The van der Waals surface area contributed by atoms with E-state index in [0.29, 0.717) is 12.1 Å². The van der Waals surface area contributed by atoms with Crippen molar-refractivity contribution in [2.75, 3.05) is 13.7 Å². The van der Waals surface area contributed by atoms with Crippen LogP contribution in [-0.4, -0.2) is 52.8 Å². The Morgan fingerprint density at radius 2 is 1.67 bits per heavy atom. The van der Waals surface area contributed by atoms with Crippen LogP contribution in [-0.2, 0) is 30.2 Å². The van der Waals surface area contributed by atoms with Crippen LogP contribution in [0, 0.1) is 0 Å². The van der Waals surface area contributed by atoms with Crippen molar-refractivity contribution >= 4 is 24.3 Å². The molecule has 1 aliphatic rings. The minimum absolute atomic E-state index is 0.0738. The van der Waals surface area contributed by atoms with Crippen LogP contribution >= 0.6 is 0 Å². The maximum atomic E-state index is 13.1. The number of hydrogen-bond donors (Lipinski definition) is 0. The van der Waals surface area contributed by atoms with E-state index in [9.17, 15) is 26.4 Å². The minimum atomic E-state index is -4.58. The normalized spacial score (nSPS) is 21.6. The van der Waals surface area contributed by atoms with Gasteiger partial charge in [-0.15, -0.1) is 0 Å². The molecule has 11 heteroatoms. The van der Waals surface area contributed by atoms with E-state index in [4.69, 9.17) is 9.16 Å². The quantitative estimate of drug-likeness (QED) is 0.483. The number of ether oxygens (including phenoxy) is 1. The second-order valence-corrected chi connectivity index (χ2v) is 15.5. The van der Waals surface area contributed by atoms with Gasteiger partial charge < -0.3 is 9.16 Å². The summed E-state index contributed by atoms with van der Waals surface area (Å²) < 4.78 is 76.7. The lowest BCUT2D eigenvalue weighted by Gasteiger charge is -2.38. The molecule has 0 bridgehead atoms. The van der Waals surface area contributed by atoms with Gasteiger partial charge in [0.25, 0.3) is 0 Å². The smallest absolute Gasteiger partial charge is 0.416 e. The highest BCUT2D eigenvalue weighted by Gasteiger charge is 2.48. The van der Waals surface area contributed by atoms with Crippen molar-refractivity contribution in [1.29, 1.82) is 0 Å². The topological polar surface area (TPSA) is 72.9 Å². The van der Waals surface area contributed by atoms with Gasteiger partial charge in [0, 0.05) is 13.0 Å². The highest BCUT2D eigenvalue weighted by atomic mass is 32.2. The molecule has 1 aromatic rings. The summed E-state index contributed by atoms with van der Waals surface area (Å²) in [6.45, 7) is 10.1. The lowest BCUT2D eigenvalue weighted by Crippen LogP contribution is -2.45. The van der Waals surface area contributed by atoms with Crippen LogP contribution in [0.2, 0.25) is 18.1 Å². The summed E-state index contributed by atoms with van der Waals surface area (Å²) in [5.74, 6) is -0.730. The molecule has 1 aromatic carbocycles. The van der Waals surface area contributed by atoms with Crippen molar-refractivity contribution in [2.45, 2.75) is 68.5 Å². The Morgan fingerprint density at radius 1 is 1.13 bits per heavy atom. The van der Waals surface area contributed by atoms with Gasteiger partial charge in [0.15, 0.2) is 8.32 Å². The van der Waals surface area contributed by atoms with Crippen LogP contribution in [0.1, 0.15) is 32.8 Å². The molecule has 170 valence electrons. The Hall–Kier alpha value is -1.43. The van der Waals surface area contributed by atoms with E-state index in [1.807, 2.05) is 33.9 Å². The SMILES string of the molecule is COC(=O)[C@@H]1C[C@H](O[Si](C)(C)C(C)(C)C)CN1S(=O)(=O)c1ccc(C(F)(F)F)cc1. The highest BCUT2D eigenvalue weighted by Crippen LogP contribution is 2.40. The van der Waals surface area contributed by atoms with Crippen molar-refractivity contribution in [3.63, 3.8) is 0 Å². The number of methoxy groups -OCH3 is 1. The summed E-state index contributed by atoms with van der Waals surface area (Å²) in [6, 6.07) is 2.11. The summed E-state index contributed by atoms with van der Waals surface area (Å²) in [5.41, 5.74) is -0.952. The van der Waals surface area contributed by atoms with Gasteiger partial charge in [-0.3, -0.25) is 4.79 Å². The largest absolute Gasteiger partial charge is 0.468 e. The average Bonchev–Trinajstić information content (AvgIpc) is 3.03. The Bertz CT molecular complexity index is 879. The Kier molecular flexibility index (Phi) is 6.83. The molecule has 1 saturated heterocycles. The fraction of sp³-hybridized carbons (Fsp3) is 0.632. The molecule has 0 aliphatic carbocycles. The minimum Gasteiger partial charge on any atom is -0.468 e. The van der Waals surface area contributed by atoms with E-state index in [0.717, 1.165) is 23.5 Å². The molecule has 0 saturated carbocycles. The van der Waals surface area contributed by atoms with Crippen molar-refractivity contribution in [3.05, 3.63) is 29.8 Å². The Morgan fingerprint density at radius 3 is 2.10 bits per heavy atom. The predicted molar refractivity (Wildman–Crippen MR) is 108 cm³/mol. The number of alkyl halides is 3. The number of sulfonamides is 1. The van der Waals surface area contributed by atoms with E-state index in [1.165, 1.54) is 0 Å². The van der Waals surface area contributed by atoms with Crippen molar-refractivity contribution < 1.29 is 35.5 Å². The van der Waals surface area contributed by atoms with E-state index in [2.05, 4.69) is 0 Å². The van der Waals surface area contributed by atoms with Gasteiger partial charge >= 0.3 is 12.1 Å². The number of rotatable bonds is 5. The third-order valence-electron chi connectivity index (χ3n) is 5.75. The molecule has 0 aromatic heterocycles. The molecule has 1 fully saturated rings. The molecule has 1 aliphatic heterocycles. The summed E-state index contributed by atoms with van der Waals surface area (Å²) in [7, 11) is -5.31. The zero-order valence-electron chi connectivity index (χ0n) is 17.9. The predicted octanol–water partition coefficient (Wildman–Crippen LogP) is 4.03. The first-order valence-corrected chi connectivity index (χ1v) is 13.8. The second kappa shape index (κ2) is 8.25. The molecule has 6 nitrogen and oxygen atoms in total. The third kappa shape index (κ3) is 5.06. The Labute approximate surface area is 176 Å². The summed E-state index contributed by atoms with van der Waals surface area (Å²) in [5, 5.41) is -0.118. The zero-order chi connectivity index (χ0) is 23.1. The number of halogens is 3. The van der Waals surface area contributed by atoms with Gasteiger partial charge in [-0.25, -0.2) is 8.42 Å². The number of benzene rings is 1. The molecule has 1 heterocycles. The summed E-state index contributed by atoms with van der Waals surface area (Å²) in [4.78, 5) is 12.0. The maximum absolute atomic E-state index is 13.1. The van der Waals surface area contributed by atoms with Crippen molar-refractivity contribution in [1.82, 2.24) is 4.31 Å². The molecule has 0 unspecified atom stereocenters. The second-order valence-electron chi connectivity index (χ2n) is 8.87. The first kappa shape index (κ1) is 24.8. The summed E-state index contributed by atoms with van der Waals surface area (Å²) >= 11 is 0. The molecular weight excluding hydrogens is 439 g/mol. The van der Waals surface area contributed by atoms with Gasteiger partial charge in [-0.2, -0.15) is 17.5 Å².